The van der Waals surface area contributed by atoms with Crippen LogP contribution in [0.4, 0.5) is 0 Å². The molecule has 78 valence electrons. The lowest BCUT2D eigenvalue weighted by Gasteiger charge is -2.21. The van der Waals surface area contributed by atoms with E-state index < -0.39 is 5.60 Å². The van der Waals surface area contributed by atoms with Crippen LogP contribution in [0, 0.1) is 0 Å². The fraction of sp³-hybridized carbons (Fsp3) is 0.545. The number of allylic oxidation sites excluding steroid dienone is 2. The lowest BCUT2D eigenvalue weighted by molar-refractivity contribution is -0.155. The monoisotopic (exact) mass is 195 g/mol. The van der Waals surface area contributed by atoms with E-state index in [1.54, 1.807) is 0 Å². The van der Waals surface area contributed by atoms with Crippen molar-refractivity contribution < 1.29 is 9.53 Å². The van der Waals surface area contributed by atoms with Gasteiger partial charge in [-0.15, -0.1) is 0 Å². The number of carbonyl (C=O) groups excluding carboxylic acids is 1. The van der Waals surface area contributed by atoms with Gasteiger partial charge in [0.05, 0.1) is 12.5 Å². The van der Waals surface area contributed by atoms with E-state index in [1.807, 2.05) is 45.2 Å². The van der Waals surface area contributed by atoms with Crippen molar-refractivity contribution in [2.24, 2.45) is 0 Å². The molecule has 3 heteroatoms. The largest absolute Gasteiger partial charge is 0.460 e. The summed E-state index contributed by atoms with van der Waals surface area (Å²) >= 11 is 0. The van der Waals surface area contributed by atoms with Crippen LogP contribution in [0.3, 0.4) is 0 Å². The molecule has 1 unspecified atom stereocenters. The van der Waals surface area contributed by atoms with Gasteiger partial charge in [-0.25, -0.2) is 0 Å². The van der Waals surface area contributed by atoms with Crippen molar-refractivity contribution in [2.45, 2.75) is 38.8 Å². The molecular weight excluding hydrogens is 178 g/mol. The van der Waals surface area contributed by atoms with Gasteiger partial charge in [-0.05, 0) is 33.0 Å². The van der Waals surface area contributed by atoms with Gasteiger partial charge in [0.2, 0.25) is 0 Å². The molecular formula is C11H17NO2. The molecule has 0 radical (unpaired) electrons. The highest BCUT2D eigenvalue weighted by Gasteiger charge is 2.18. The highest BCUT2D eigenvalue weighted by Crippen LogP contribution is 2.10. The molecule has 0 bridgehead atoms. The second-order valence-corrected chi connectivity index (χ2v) is 4.31. The average molecular weight is 195 g/mol. The number of ether oxygens (including phenoxy) is 1. The zero-order chi connectivity index (χ0) is 10.6. The third kappa shape index (κ3) is 4.12. The topological polar surface area (TPSA) is 38.3 Å². The first-order valence-electron chi connectivity index (χ1n) is 4.78. The highest BCUT2D eigenvalue weighted by atomic mass is 16.6. The molecule has 1 aliphatic rings. The van der Waals surface area contributed by atoms with Crippen LogP contribution in [0.1, 0.15) is 27.2 Å². The first-order valence-corrected chi connectivity index (χ1v) is 4.78. The van der Waals surface area contributed by atoms with Crippen LogP contribution < -0.4 is 5.32 Å². The Kier molecular flexibility index (Phi) is 3.33. The molecule has 0 aromatic rings. The van der Waals surface area contributed by atoms with Crippen LogP contribution in [-0.4, -0.2) is 17.6 Å². The van der Waals surface area contributed by atoms with Crippen molar-refractivity contribution in [3.63, 3.8) is 0 Å². The summed E-state index contributed by atoms with van der Waals surface area (Å²) in [5, 5.41) is 3.07. The van der Waals surface area contributed by atoms with Gasteiger partial charge in [-0.3, -0.25) is 4.79 Å². The standard InChI is InChI=1S/C11H17NO2/c1-11(2,3)14-10(13)8-9-6-4-5-7-12-9/h4-7,9,12H,8H2,1-3H3. The number of esters is 1. The average Bonchev–Trinajstić information content (AvgIpc) is 2.02. The van der Waals surface area contributed by atoms with Crippen molar-refractivity contribution in [3.8, 4) is 0 Å². The molecule has 14 heavy (non-hydrogen) atoms. The molecule has 0 aromatic carbocycles. The van der Waals surface area contributed by atoms with Crippen molar-refractivity contribution >= 4 is 5.97 Å². The minimum absolute atomic E-state index is 0.0647. The van der Waals surface area contributed by atoms with Gasteiger partial charge >= 0.3 is 5.97 Å². The van der Waals surface area contributed by atoms with E-state index in [0.29, 0.717) is 6.42 Å². The van der Waals surface area contributed by atoms with Crippen LogP contribution in [-0.2, 0) is 9.53 Å². The number of rotatable bonds is 2. The molecule has 0 fully saturated rings. The van der Waals surface area contributed by atoms with E-state index >= 15 is 0 Å². The van der Waals surface area contributed by atoms with Gasteiger partial charge in [0.25, 0.3) is 0 Å². The third-order valence-electron chi connectivity index (χ3n) is 1.67. The molecule has 3 nitrogen and oxygen atoms in total. The third-order valence-corrected chi connectivity index (χ3v) is 1.67. The lowest BCUT2D eigenvalue weighted by atomic mass is 10.1. The molecule has 0 aromatic heterocycles. The zero-order valence-electron chi connectivity index (χ0n) is 8.91. The Balaban J connectivity index is 2.34. The molecule has 1 heterocycles. The first kappa shape index (κ1) is 10.8. The molecule has 0 saturated heterocycles. The summed E-state index contributed by atoms with van der Waals surface area (Å²) in [6, 6.07) is 0.0647. The second-order valence-electron chi connectivity index (χ2n) is 4.31. The number of hydrogen-bond acceptors (Lipinski definition) is 3. The molecule has 1 atom stereocenters. The lowest BCUT2D eigenvalue weighted by Crippen LogP contribution is -2.31. The Hall–Kier alpha value is -1.25. The summed E-state index contributed by atoms with van der Waals surface area (Å²) in [4.78, 5) is 11.4. The second kappa shape index (κ2) is 4.31. The molecule has 0 aliphatic carbocycles. The summed E-state index contributed by atoms with van der Waals surface area (Å²) in [6.07, 6.45) is 7.97. The van der Waals surface area contributed by atoms with E-state index in [9.17, 15) is 4.79 Å². The fourth-order valence-corrected chi connectivity index (χ4v) is 1.18. The van der Waals surface area contributed by atoms with E-state index in [0.717, 1.165) is 0 Å². The van der Waals surface area contributed by atoms with Crippen LogP contribution >= 0.6 is 0 Å². The van der Waals surface area contributed by atoms with Crippen LogP contribution in [0.15, 0.2) is 24.4 Å². The number of carbonyl (C=O) groups is 1. The summed E-state index contributed by atoms with van der Waals surface area (Å²) in [7, 11) is 0. The van der Waals surface area contributed by atoms with Gasteiger partial charge in [0, 0.05) is 0 Å². The Morgan fingerprint density at radius 1 is 1.43 bits per heavy atom. The minimum atomic E-state index is -0.398. The maximum absolute atomic E-state index is 11.4. The number of hydrogen-bond donors (Lipinski definition) is 1. The first-order chi connectivity index (χ1) is 6.47. The van der Waals surface area contributed by atoms with E-state index in [4.69, 9.17) is 4.74 Å². The summed E-state index contributed by atoms with van der Waals surface area (Å²) in [5.74, 6) is -0.171. The SMILES string of the molecule is CC(C)(C)OC(=O)CC1C=CC=CN1. The smallest absolute Gasteiger partial charge is 0.308 e. The molecule has 1 N–H and O–H groups in total. The van der Waals surface area contributed by atoms with Crippen LogP contribution in [0.25, 0.3) is 0 Å². The molecule has 1 aliphatic heterocycles. The van der Waals surface area contributed by atoms with Crippen molar-refractivity contribution in [3.05, 3.63) is 24.4 Å². The molecule has 0 saturated carbocycles. The van der Waals surface area contributed by atoms with Gasteiger partial charge in [-0.2, -0.15) is 0 Å². The summed E-state index contributed by atoms with van der Waals surface area (Å²) < 4.78 is 5.20. The number of nitrogens with one attached hydrogen (secondary N) is 1. The van der Waals surface area contributed by atoms with E-state index in [2.05, 4.69) is 5.32 Å². The Morgan fingerprint density at radius 2 is 2.14 bits per heavy atom. The van der Waals surface area contributed by atoms with Crippen molar-refractivity contribution in [2.75, 3.05) is 0 Å². The summed E-state index contributed by atoms with van der Waals surface area (Å²) in [6.45, 7) is 5.61. The molecule has 0 spiro atoms. The van der Waals surface area contributed by atoms with Crippen LogP contribution in [0.2, 0.25) is 0 Å². The highest BCUT2D eigenvalue weighted by molar-refractivity contribution is 5.71. The molecule has 0 amide bonds. The quantitative estimate of drug-likeness (QED) is 0.682. The van der Waals surface area contributed by atoms with Gasteiger partial charge < -0.3 is 10.1 Å². The van der Waals surface area contributed by atoms with Gasteiger partial charge in [0.15, 0.2) is 0 Å². The number of dihydropyridines is 1. The Labute approximate surface area is 84.8 Å². The molecule has 1 rings (SSSR count). The maximum atomic E-state index is 11.4. The van der Waals surface area contributed by atoms with Gasteiger partial charge in [-0.1, -0.05) is 12.2 Å². The minimum Gasteiger partial charge on any atom is -0.460 e. The van der Waals surface area contributed by atoms with E-state index in [-0.39, 0.29) is 12.0 Å². The Morgan fingerprint density at radius 3 is 2.64 bits per heavy atom. The maximum Gasteiger partial charge on any atom is 0.308 e. The Bertz CT molecular complexity index is 261. The predicted octanol–water partition coefficient (Wildman–Crippen LogP) is 1.76. The summed E-state index contributed by atoms with van der Waals surface area (Å²) in [5.41, 5.74) is -0.398. The van der Waals surface area contributed by atoms with Crippen molar-refractivity contribution in [1.29, 1.82) is 0 Å². The van der Waals surface area contributed by atoms with Crippen molar-refractivity contribution in [1.82, 2.24) is 5.32 Å². The normalized spacial score (nSPS) is 20.4. The van der Waals surface area contributed by atoms with E-state index in [1.165, 1.54) is 0 Å². The predicted molar refractivity (Wildman–Crippen MR) is 55.7 cm³/mol. The van der Waals surface area contributed by atoms with Crippen LogP contribution in [0.5, 0.6) is 0 Å². The fourth-order valence-electron chi connectivity index (χ4n) is 1.18. The van der Waals surface area contributed by atoms with Gasteiger partial charge in [0.1, 0.15) is 5.60 Å². The zero-order valence-corrected chi connectivity index (χ0v) is 8.91.